The Hall–Kier alpha value is -1.82. The van der Waals surface area contributed by atoms with Crippen LogP contribution in [0.2, 0.25) is 10.3 Å². The molecule has 0 aliphatic carbocycles. The Bertz CT molecular complexity index is 989. The molecule has 7 nitrogen and oxygen atoms in total. The molecule has 1 aliphatic rings. The van der Waals surface area contributed by atoms with E-state index in [2.05, 4.69) is 32.0 Å². The number of piperazine rings is 1. The number of fused-ring (bicyclic) bond motifs is 1. The standard InChI is InChI=1S/C19H20BrCl2N5O2/c1-19(2,3)29-18(28)27-7-6-26(10-11(27)4-5-23)16-12-8-13(20)14(21)9-15(12)24-17(22)25-16/h8-9,11H,4,6-7,10H2,1-3H3. The topological polar surface area (TPSA) is 82.3 Å². The van der Waals surface area contributed by atoms with Gasteiger partial charge in [0.1, 0.15) is 11.4 Å². The molecule has 1 amide bonds. The van der Waals surface area contributed by atoms with Crippen LogP contribution in [0.25, 0.3) is 10.9 Å². The van der Waals surface area contributed by atoms with Gasteiger partial charge in [0.25, 0.3) is 0 Å². The molecule has 1 fully saturated rings. The van der Waals surface area contributed by atoms with Crippen molar-refractivity contribution in [3.8, 4) is 6.07 Å². The van der Waals surface area contributed by atoms with Crippen LogP contribution in [0.4, 0.5) is 10.6 Å². The minimum Gasteiger partial charge on any atom is -0.444 e. The number of anilines is 1. The van der Waals surface area contributed by atoms with Gasteiger partial charge >= 0.3 is 6.09 Å². The van der Waals surface area contributed by atoms with Crippen LogP contribution in [0.15, 0.2) is 16.6 Å². The van der Waals surface area contributed by atoms with Crippen molar-refractivity contribution in [3.63, 3.8) is 0 Å². The molecule has 2 aromatic rings. The third-order valence-corrected chi connectivity index (χ3v) is 5.79. The second-order valence-electron chi connectivity index (χ2n) is 7.74. The maximum absolute atomic E-state index is 12.6. The fraction of sp³-hybridized carbons (Fsp3) is 0.474. The lowest BCUT2D eigenvalue weighted by molar-refractivity contribution is 0.0145. The van der Waals surface area contributed by atoms with E-state index in [0.29, 0.717) is 36.0 Å². The number of nitriles is 1. The third kappa shape index (κ3) is 5.03. The monoisotopic (exact) mass is 499 g/mol. The molecule has 2 heterocycles. The lowest BCUT2D eigenvalue weighted by atomic mass is 10.1. The SMILES string of the molecule is CC(C)(C)OC(=O)N1CCN(c2nc(Cl)nc3cc(Cl)c(Br)cc23)CC1CC#N. The van der Waals surface area contributed by atoms with E-state index in [1.165, 1.54) is 0 Å². The Morgan fingerprint density at radius 3 is 2.72 bits per heavy atom. The number of carbonyl (C=O) groups excluding carboxylic acids is 1. The first kappa shape index (κ1) is 21.9. The summed E-state index contributed by atoms with van der Waals surface area (Å²) in [4.78, 5) is 24.9. The summed E-state index contributed by atoms with van der Waals surface area (Å²) in [6.07, 6.45) is -0.236. The molecule has 0 spiro atoms. The first-order valence-electron chi connectivity index (χ1n) is 9.03. The van der Waals surface area contributed by atoms with Crippen LogP contribution in [0.1, 0.15) is 27.2 Å². The maximum atomic E-state index is 12.6. The quantitative estimate of drug-likeness (QED) is 0.537. The van der Waals surface area contributed by atoms with Crippen LogP contribution in [0.5, 0.6) is 0 Å². The molecule has 0 N–H and O–H groups in total. The predicted octanol–water partition coefficient (Wildman–Crippen LogP) is 5.04. The highest BCUT2D eigenvalue weighted by atomic mass is 79.9. The summed E-state index contributed by atoms with van der Waals surface area (Å²) in [5, 5.41) is 10.7. The molecule has 1 aliphatic heterocycles. The predicted molar refractivity (Wildman–Crippen MR) is 116 cm³/mol. The van der Waals surface area contributed by atoms with Crippen molar-refractivity contribution < 1.29 is 9.53 Å². The van der Waals surface area contributed by atoms with Crippen molar-refractivity contribution >= 4 is 61.9 Å². The summed E-state index contributed by atoms with van der Waals surface area (Å²) in [5.41, 5.74) is 0.0208. The summed E-state index contributed by atoms with van der Waals surface area (Å²) < 4.78 is 6.23. The highest BCUT2D eigenvalue weighted by Gasteiger charge is 2.34. The van der Waals surface area contributed by atoms with Gasteiger partial charge < -0.3 is 14.5 Å². The number of halogens is 3. The maximum Gasteiger partial charge on any atom is 0.410 e. The smallest absolute Gasteiger partial charge is 0.410 e. The lowest BCUT2D eigenvalue weighted by Gasteiger charge is -2.41. The van der Waals surface area contributed by atoms with Gasteiger partial charge in [0.2, 0.25) is 5.28 Å². The summed E-state index contributed by atoms with van der Waals surface area (Å²) >= 11 is 15.8. The number of hydrogen-bond donors (Lipinski definition) is 0. The molecular formula is C19H20BrCl2N5O2. The highest BCUT2D eigenvalue weighted by molar-refractivity contribution is 9.10. The van der Waals surface area contributed by atoms with Gasteiger partial charge in [-0.15, -0.1) is 0 Å². The second-order valence-corrected chi connectivity index (χ2v) is 9.34. The zero-order valence-electron chi connectivity index (χ0n) is 16.2. The van der Waals surface area contributed by atoms with Crippen LogP contribution < -0.4 is 4.90 Å². The van der Waals surface area contributed by atoms with Crippen molar-refractivity contribution in [2.75, 3.05) is 24.5 Å². The van der Waals surface area contributed by atoms with Crippen LogP contribution in [-0.2, 0) is 4.74 Å². The summed E-state index contributed by atoms with van der Waals surface area (Å²) in [6.45, 7) is 6.80. The number of amides is 1. The van der Waals surface area contributed by atoms with Crippen LogP contribution >= 0.6 is 39.1 Å². The van der Waals surface area contributed by atoms with Crippen molar-refractivity contribution in [1.82, 2.24) is 14.9 Å². The van der Waals surface area contributed by atoms with Gasteiger partial charge in [0.05, 0.1) is 29.1 Å². The number of carbonyl (C=O) groups is 1. The molecule has 10 heteroatoms. The van der Waals surface area contributed by atoms with E-state index in [4.69, 9.17) is 27.9 Å². The van der Waals surface area contributed by atoms with Gasteiger partial charge in [-0.3, -0.25) is 0 Å². The minimum absolute atomic E-state index is 0.109. The van der Waals surface area contributed by atoms with Gasteiger partial charge in [-0.1, -0.05) is 11.6 Å². The fourth-order valence-corrected chi connectivity index (χ4v) is 3.88. The summed E-state index contributed by atoms with van der Waals surface area (Å²) in [6, 6.07) is 5.41. The van der Waals surface area contributed by atoms with E-state index in [1.807, 2.05) is 31.7 Å². The van der Waals surface area contributed by atoms with E-state index in [9.17, 15) is 10.1 Å². The summed E-state index contributed by atoms with van der Waals surface area (Å²) in [7, 11) is 0. The Kier molecular flexibility index (Phi) is 6.42. The number of nitrogens with zero attached hydrogens (tertiary/aromatic N) is 5. The molecule has 1 saturated heterocycles. The molecule has 1 atom stereocenters. The number of ether oxygens (including phenoxy) is 1. The Balaban J connectivity index is 1.93. The normalized spacial score (nSPS) is 17.3. The largest absolute Gasteiger partial charge is 0.444 e. The van der Waals surface area contributed by atoms with Crippen LogP contribution in [0, 0.1) is 11.3 Å². The average Bonchev–Trinajstić information content (AvgIpc) is 2.61. The Morgan fingerprint density at radius 2 is 2.07 bits per heavy atom. The molecule has 29 heavy (non-hydrogen) atoms. The first-order chi connectivity index (χ1) is 13.6. The lowest BCUT2D eigenvalue weighted by Crippen LogP contribution is -2.56. The van der Waals surface area contributed by atoms with E-state index in [1.54, 1.807) is 11.0 Å². The molecule has 3 rings (SSSR count). The number of benzene rings is 1. The molecule has 1 aromatic carbocycles. The fourth-order valence-electron chi connectivity index (χ4n) is 3.21. The Morgan fingerprint density at radius 1 is 1.34 bits per heavy atom. The third-order valence-electron chi connectivity index (χ3n) is 4.43. The van der Waals surface area contributed by atoms with Crippen LogP contribution in [0.3, 0.4) is 0 Å². The van der Waals surface area contributed by atoms with Crippen molar-refractivity contribution in [2.45, 2.75) is 38.8 Å². The van der Waals surface area contributed by atoms with Gasteiger partial charge in [-0.05, 0) is 60.4 Å². The molecule has 0 radical (unpaired) electrons. The van der Waals surface area contributed by atoms with E-state index >= 15 is 0 Å². The molecule has 0 saturated carbocycles. The summed E-state index contributed by atoms with van der Waals surface area (Å²) in [5.74, 6) is 0.643. The minimum atomic E-state index is -0.604. The van der Waals surface area contributed by atoms with Gasteiger partial charge in [-0.25, -0.2) is 9.78 Å². The second kappa shape index (κ2) is 8.50. The van der Waals surface area contributed by atoms with Gasteiger partial charge in [0, 0.05) is 29.5 Å². The molecule has 1 unspecified atom stereocenters. The first-order valence-corrected chi connectivity index (χ1v) is 10.6. The van der Waals surface area contributed by atoms with E-state index in [-0.39, 0.29) is 17.7 Å². The van der Waals surface area contributed by atoms with Crippen molar-refractivity contribution in [1.29, 1.82) is 5.26 Å². The van der Waals surface area contributed by atoms with Crippen molar-refractivity contribution in [3.05, 3.63) is 26.9 Å². The average molecular weight is 501 g/mol. The van der Waals surface area contributed by atoms with E-state index in [0.717, 1.165) is 9.86 Å². The number of aromatic nitrogens is 2. The van der Waals surface area contributed by atoms with Crippen molar-refractivity contribution in [2.24, 2.45) is 0 Å². The molecule has 0 bridgehead atoms. The molecular weight excluding hydrogens is 481 g/mol. The number of hydrogen-bond acceptors (Lipinski definition) is 6. The van der Waals surface area contributed by atoms with Gasteiger partial charge in [0.15, 0.2) is 0 Å². The molecule has 154 valence electrons. The zero-order valence-corrected chi connectivity index (χ0v) is 19.3. The molecule has 1 aromatic heterocycles. The Labute approximate surface area is 187 Å². The number of rotatable bonds is 2. The zero-order chi connectivity index (χ0) is 21.3. The van der Waals surface area contributed by atoms with Crippen LogP contribution in [-0.4, -0.2) is 52.2 Å². The highest BCUT2D eigenvalue weighted by Crippen LogP contribution is 2.34. The van der Waals surface area contributed by atoms with E-state index < -0.39 is 11.7 Å². The van der Waals surface area contributed by atoms with Gasteiger partial charge in [-0.2, -0.15) is 10.2 Å².